The molecule has 0 amide bonds. The lowest BCUT2D eigenvalue weighted by atomic mass is 9.92. The summed E-state index contributed by atoms with van der Waals surface area (Å²) in [7, 11) is 0. The zero-order chi connectivity index (χ0) is 17.9. The van der Waals surface area contributed by atoms with Gasteiger partial charge in [-0.05, 0) is 37.5 Å². The van der Waals surface area contributed by atoms with Crippen LogP contribution in [0.5, 0.6) is 5.75 Å². The summed E-state index contributed by atoms with van der Waals surface area (Å²) in [6, 6.07) is 4.18. The van der Waals surface area contributed by atoms with E-state index in [4.69, 9.17) is 14.2 Å². The van der Waals surface area contributed by atoms with Crippen LogP contribution >= 0.6 is 0 Å². The van der Waals surface area contributed by atoms with E-state index < -0.39 is 6.10 Å². The van der Waals surface area contributed by atoms with Gasteiger partial charge < -0.3 is 19.3 Å². The van der Waals surface area contributed by atoms with Gasteiger partial charge in [0.05, 0.1) is 12.2 Å². The van der Waals surface area contributed by atoms with E-state index in [0.717, 1.165) is 62.6 Å². The maximum atomic E-state index is 10.5. The van der Waals surface area contributed by atoms with Crippen molar-refractivity contribution in [2.24, 2.45) is 0 Å². The van der Waals surface area contributed by atoms with Gasteiger partial charge in [-0.25, -0.2) is 0 Å². The van der Waals surface area contributed by atoms with Crippen molar-refractivity contribution in [1.29, 1.82) is 0 Å². The van der Waals surface area contributed by atoms with Gasteiger partial charge in [-0.1, -0.05) is 12.1 Å². The lowest BCUT2D eigenvalue weighted by Gasteiger charge is -2.45. The zero-order valence-corrected chi connectivity index (χ0v) is 15.7. The lowest BCUT2D eigenvalue weighted by Crippen LogP contribution is -2.55. The summed E-state index contributed by atoms with van der Waals surface area (Å²) >= 11 is 0. The van der Waals surface area contributed by atoms with Crippen LogP contribution in [0.25, 0.3) is 0 Å². The van der Waals surface area contributed by atoms with E-state index in [2.05, 4.69) is 30.9 Å². The largest absolute Gasteiger partial charge is 0.490 e. The number of ether oxygens (including phenoxy) is 3. The van der Waals surface area contributed by atoms with Crippen molar-refractivity contribution in [3.8, 4) is 5.75 Å². The van der Waals surface area contributed by atoms with Crippen LogP contribution in [0.4, 0.5) is 0 Å². The number of aliphatic hydroxyl groups is 1. The van der Waals surface area contributed by atoms with Crippen molar-refractivity contribution in [2.45, 2.75) is 45.3 Å². The fourth-order valence-corrected chi connectivity index (χ4v) is 3.80. The second-order valence-electron chi connectivity index (χ2n) is 7.50. The Balaban J connectivity index is 1.52. The quantitative estimate of drug-likeness (QED) is 0.883. The molecule has 2 aliphatic rings. The Hall–Kier alpha value is -1.14. The SMILES string of the molecule is Cc1ccc(C)c(OCC(O)CN2CCOC3(CCOCC3)C2)c1C. The van der Waals surface area contributed by atoms with Gasteiger partial charge in [0.2, 0.25) is 0 Å². The number of morpholine rings is 1. The highest BCUT2D eigenvalue weighted by Gasteiger charge is 2.38. The van der Waals surface area contributed by atoms with Crippen LogP contribution in [0.1, 0.15) is 29.5 Å². The monoisotopic (exact) mass is 349 g/mol. The summed E-state index contributed by atoms with van der Waals surface area (Å²) in [5, 5.41) is 10.5. The van der Waals surface area contributed by atoms with Crippen molar-refractivity contribution >= 4 is 0 Å². The molecule has 0 aromatic heterocycles. The first kappa shape index (κ1) is 18.6. The summed E-state index contributed by atoms with van der Waals surface area (Å²) in [5.41, 5.74) is 3.40. The summed E-state index contributed by atoms with van der Waals surface area (Å²) in [4.78, 5) is 2.30. The molecule has 1 aromatic carbocycles. The molecule has 1 N–H and O–H groups in total. The van der Waals surface area contributed by atoms with Crippen molar-refractivity contribution < 1.29 is 19.3 Å². The fourth-order valence-electron chi connectivity index (χ4n) is 3.80. The lowest BCUT2D eigenvalue weighted by molar-refractivity contribution is -0.157. The van der Waals surface area contributed by atoms with Gasteiger partial charge in [-0.3, -0.25) is 4.90 Å². The molecule has 2 saturated heterocycles. The molecular formula is C20H31NO4. The number of nitrogens with zero attached hydrogens (tertiary/aromatic N) is 1. The highest BCUT2D eigenvalue weighted by atomic mass is 16.5. The minimum absolute atomic E-state index is 0.0825. The third-order valence-corrected chi connectivity index (χ3v) is 5.49. The number of hydrogen-bond acceptors (Lipinski definition) is 5. The zero-order valence-electron chi connectivity index (χ0n) is 15.7. The van der Waals surface area contributed by atoms with Gasteiger partial charge >= 0.3 is 0 Å². The fraction of sp³-hybridized carbons (Fsp3) is 0.700. The third-order valence-electron chi connectivity index (χ3n) is 5.49. The smallest absolute Gasteiger partial charge is 0.125 e. The molecule has 2 aliphatic heterocycles. The van der Waals surface area contributed by atoms with E-state index in [9.17, 15) is 5.11 Å². The molecule has 0 saturated carbocycles. The topological polar surface area (TPSA) is 51.2 Å². The molecule has 1 atom stereocenters. The first-order valence-electron chi connectivity index (χ1n) is 9.31. The average molecular weight is 349 g/mol. The van der Waals surface area contributed by atoms with E-state index in [0.29, 0.717) is 13.2 Å². The van der Waals surface area contributed by atoms with Crippen LogP contribution < -0.4 is 4.74 Å². The van der Waals surface area contributed by atoms with E-state index >= 15 is 0 Å². The number of hydrogen-bond donors (Lipinski definition) is 1. The van der Waals surface area contributed by atoms with Crippen LogP contribution in [-0.4, -0.2) is 67.8 Å². The summed E-state index contributed by atoms with van der Waals surface area (Å²) in [5.74, 6) is 0.905. The van der Waals surface area contributed by atoms with E-state index in [1.165, 1.54) is 5.56 Å². The normalized spacial score (nSPS) is 22.1. The first-order valence-corrected chi connectivity index (χ1v) is 9.31. The van der Waals surface area contributed by atoms with E-state index in [1.54, 1.807) is 0 Å². The molecular weight excluding hydrogens is 318 g/mol. The van der Waals surface area contributed by atoms with Crippen LogP contribution in [0.15, 0.2) is 12.1 Å². The standard InChI is InChI=1S/C20H31NO4/c1-15-4-5-16(2)19(17(15)3)24-13-18(22)12-21-8-11-25-20(14-21)6-9-23-10-7-20/h4-5,18,22H,6-14H2,1-3H3. The number of aryl methyl sites for hydroxylation is 2. The Kier molecular flexibility index (Phi) is 6.00. The van der Waals surface area contributed by atoms with Gasteiger partial charge in [0.15, 0.2) is 0 Å². The Morgan fingerprint density at radius 3 is 2.64 bits per heavy atom. The minimum atomic E-state index is -0.505. The summed E-state index contributed by atoms with van der Waals surface area (Å²) in [6.45, 7) is 11.1. The van der Waals surface area contributed by atoms with Gasteiger partial charge in [-0.15, -0.1) is 0 Å². The van der Waals surface area contributed by atoms with Gasteiger partial charge in [0, 0.05) is 45.7 Å². The Bertz CT molecular complexity index is 578. The number of benzene rings is 1. The van der Waals surface area contributed by atoms with Gasteiger partial charge in [0.25, 0.3) is 0 Å². The Labute approximate surface area is 150 Å². The molecule has 25 heavy (non-hydrogen) atoms. The summed E-state index contributed by atoms with van der Waals surface area (Å²) < 4.78 is 17.5. The summed E-state index contributed by atoms with van der Waals surface area (Å²) in [6.07, 6.45) is 1.38. The van der Waals surface area contributed by atoms with E-state index in [-0.39, 0.29) is 5.60 Å². The molecule has 2 fully saturated rings. The highest BCUT2D eigenvalue weighted by molar-refractivity contribution is 5.44. The molecule has 5 nitrogen and oxygen atoms in total. The van der Waals surface area contributed by atoms with Crippen molar-refractivity contribution in [3.63, 3.8) is 0 Å². The molecule has 0 bridgehead atoms. The molecule has 0 aliphatic carbocycles. The molecule has 1 unspecified atom stereocenters. The van der Waals surface area contributed by atoms with Gasteiger partial charge in [-0.2, -0.15) is 0 Å². The molecule has 2 heterocycles. The van der Waals surface area contributed by atoms with Crippen LogP contribution in [0, 0.1) is 20.8 Å². The number of β-amino-alcohol motifs (C(OH)–C–C–N with tert-alkyl or cyclic N) is 1. The van der Waals surface area contributed by atoms with E-state index in [1.807, 2.05) is 6.92 Å². The Morgan fingerprint density at radius 1 is 1.16 bits per heavy atom. The predicted octanol–water partition coefficient (Wildman–Crippen LogP) is 2.23. The van der Waals surface area contributed by atoms with Crippen LogP contribution in [0.2, 0.25) is 0 Å². The van der Waals surface area contributed by atoms with Crippen LogP contribution in [-0.2, 0) is 9.47 Å². The van der Waals surface area contributed by atoms with Crippen molar-refractivity contribution in [2.75, 3.05) is 46.1 Å². The molecule has 1 aromatic rings. The number of aliphatic hydroxyl groups excluding tert-OH is 1. The minimum Gasteiger partial charge on any atom is -0.490 e. The second kappa shape index (κ2) is 8.04. The molecule has 3 rings (SSSR count). The second-order valence-corrected chi connectivity index (χ2v) is 7.50. The predicted molar refractivity (Wildman–Crippen MR) is 97.3 cm³/mol. The maximum absolute atomic E-state index is 10.5. The highest BCUT2D eigenvalue weighted by Crippen LogP contribution is 2.29. The molecule has 0 radical (unpaired) electrons. The molecule has 1 spiro atoms. The third kappa shape index (κ3) is 4.53. The molecule has 140 valence electrons. The molecule has 5 heteroatoms. The van der Waals surface area contributed by atoms with Gasteiger partial charge in [0.1, 0.15) is 18.5 Å². The van der Waals surface area contributed by atoms with Crippen LogP contribution in [0.3, 0.4) is 0 Å². The average Bonchev–Trinajstić information content (AvgIpc) is 2.59. The Morgan fingerprint density at radius 2 is 1.88 bits per heavy atom. The first-order chi connectivity index (χ1) is 12.0. The number of rotatable bonds is 5. The van der Waals surface area contributed by atoms with Crippen molar-refractivity contribution in [3.05, 3.63) is 28.8 Å². The van der Waals surface area contributed by atoms with Crippen molar-refractivity contribution in [1.82, 2.24) is 4.90 Å². The maximum Gasteiger partial charge on any atom is 0.125 e.